The van der Waals surface area contributed by atoms with Crippen LogP contribution in [0.15, 0.2) is 109 Å². The zero-order valence-electron chi connectivity index (χ0n) is 31.1. The summed E-state index contributed by atoms with van der Waals surface area (Å²) >= 11 is 0. The van der Waals surface area contributed by atoms with Gasteiger partial charge in [0.25, 0.3) is 0 Å². The monoisotopic (exact) mass is 698 g/mol. The van der Waals surface area contributed by atoms with Gasteiger partial charge in [-0.25, -0.2) is 0 Å². The predicted molar refractivity (Wildman–Crippen MR) is 213 cm³/mol. The topological polar surface area (TPSA) is 64.7 Å². The van der Waals surface area contributed by atoms with Crippen molar-refractivity contribution in [1.82, 2.24) is 20.4 Å². The van der Waals surface area contributed by atoms with Crippen LogP contribution >= 0.6 is 0 Å². The molecule has 0 saturated carbocycles. The van der Waals surface area contributed by atoms with E-state index in [-0.39, 0.29) is 11.6 Å². The number of nitrogens with zero attached hydrogens (tertiary/aromatic N) is 2. The zero-order valence-corrected chi connectivity index (χ0v) is 31.1. The molecule has 2 aliphatic heterocycles. The minimum Gasteiger partial charge on any atom is -0.314 e. The number of benzene rings is 4. The fraction of sp³-hybridized carbons (Fsp3) is 0.435. The lowest BCUT2D eigenvalue weighted by atomic mass is 9.95. The molecule has 2 unspecified atom stereocenters. The molecule has 52 heavy (non-hydrogen) atoms. The average Bonchev–Trinajstić information content (AvgIpc) is 3.20. The second-order valence-electron chi connectivity index (χ2n) is 14.8. The Morgan fingerprint density at radius 3 is 1.40 bits per heavy atom. The van der Waals surface area contributed by atoms with Crippen LogP contribution < -0.4 is 10.6 Å². The summed E-state index contributed by atoms with van der Waals surface area (Å²) in [5.41, 5.74) is 5.50. The number of carbonyl (C=O) groups excluding carboxylic acids is 2. The van der Waals surface area contributed by atoms with Crippen LogP contribution in [0.1, 0.15) is 101 Å². The molecule has 4 aromatic rings. The summed E-state index contributed by atoms with van der Waals surface area (Å²) in [4.78, 5) is 31.8. The number of nitrogens with one attached hydrogen (secondary N) is 2. The van der Waals surface area contributed by atoms with Crippen LogP contribution in [0, 0.1) is 0 Å². The van der Waals surface area contributed by atoms with Crippen molar-refractivity contribution in [2.75, 3.05) is 39.3 Å². The highest BCUT2D eigenvalue weighted by Gasteiger charge is 2.36. The Hall–Kier alpha value is -3.94. The molecule has 0 radical (unpaired) electrons. The summed E-state index contributed by atoms with van der Waals surface area (Å²) in [5.74, 6) is 0.148. The van der Waals surface area contributed by atoms with Gasteiger partial charge in [-0.3, -0.25) is 19.4 Å². The van der Waals surface area contributed by atoms with Crippen LogP contribution in [0.2, 0.25) is 0 Å². The Labute approximate surface area is 312 Å². The van der Waals surface area contributed by atoms with E-state index >= 15 is 0 Å². The highest BCUT2D eigenvalue weighted by atomic mass is 16.1. The van der Waals surface area contributed by atoms with Crippen LogP contribution in [0.3, 0.4) is 0 Å². The standard InChI is InChI=1S/C46H58N4O2/c1-2-3-4-5-6-7-14-19-44(49-30-28-47-34-42(49)32-36-20-24-40(25-21-36)45(51)38-15-10-8-11-16-38)50-31-29-48-35-43(50)33-37-22-26-41(27-23-37)46(52)39-17-12-9-13-18-39/h8-13,15-18,20-27,42-44,47-48H,2-7,14,19,28-35H2,1H3. The molecule has 2 aliphatic rings. The van der Waals surface area contributed by atoms with Gasteiger partial charge in [0.15, 0.2) is 11.6 Å². The first-order valence-corrected chi connectivity index (χ1v) is 19.9. The van der Waals surface area contributed by atoms with Gasteiger partial charge in [-0.05, 0) is 30.4 Å². The van der Waals surface area contributed by atoms with E-state index in [1.165, 1.54) is 62.5 Å². The Balaban J connectivity index is 1.17. The normalized spacial score (nSPS) is 18.9. The smallest absolute Gasteiger partial charge is 0.193 e. The van der Waals surface area contributed by atoms with E-state index in [9.17, 15) is 9.59 Å². The summed E-state index contributed by atoms with van der Waals surface area (Å²) in [5, 5.41) is 7.43. The lowest BCUT2D eigenvalue weighted by molar-refractivity contribution is -0.0369. The Morgan fingerprint density at radius 1 is 0.558 bits per heavy atom. The van der Waals surface area contributed by atoms with Crippen molar-refractivity contribution in [3.8, 4) is 0 Å². The van der Waals surface area contributed by atoms with Gasteiger partial charge < -0.3 is 10.6 Å². The van der Waals surface area contributed by atoms with Crippen molar-refractivity contribution in [3.05, 3.63) is 143 Å². The molecule has 0 aromatic heterocycles. The maximum atomic E-state index is 13.1. The van der Waals surface area contributed by atoms with Gasteiger partial charge in [0, 0.05) is 73.6 Å². The number of hydrogen-bond donors (Lipinski definition) is 2. The summed E-state index contributed by atoms with van der Waals surface area (Å²) < 4.78 is 0. The van der Waals surface area contributed by atoms with E-state index in [0.29, 0.717) is 18.2 Å². The van der Waals surface area contributed by atoms with Gasteiger partial charge >= 0.3 is 0 Å². The second kappa shape index (κ2) is 19.8. The quantitative estimate of drug-likeness (QED) is 0.0813. The van der Waals surface area contributed by atoms with E-state index in [1.807, 2.05) is 84.9 Å². The van der Waals surface area contributed by atoms with Gasteiger partial charge in [-0.15, -0.1) is 0 Å². The van der Waals surface area contributed by atoms with E-state index in [0.717, 1.165) is 74.4 Å². The molecule has 4 aromatic carbocycles. The highest BCUT2D eigenvalue weighted by molar-refractivity contribution is 6.09. The molecule has 6 heteroatoms. The van der Waals surface area contributed by atoms with Crippen molar-refractivity contribution < 1.29 is 9.59 Å². The molecule has 0 bridgehead atoms. The number of hydrogen-bond acceptors (Lipinski definition) is 6. The third-order valence-corrected chi connectivity index (χ3v) is 11.1. The van der Waals surface area contributed by atoms with E-state index in [4.69, 9.17) is 0 Å². The molecule has 0 spiro atoms. The van der Waals surface area contributed by atoms with Crippen LogP contribution in [0.4, 0.5) is 0 Å². The SMILES string of the molecule is CCCCCCCCCC(N1CCNCC1Cc1ccc(C(=O)c2ccccc2)cc1)N1CCNCC1Cc1ccc(C(=O)c2ccccc2)cc1. The summed E-state index contributed by atoms with van der Waals surface area (Å²) in [6.45, 7) is 8.28. The molecule has 2 heterocycles. The van der Waals surface area contributed by atoms with Gasteiger partial charge in [-0.2, -0.15) is 0 Å². The molecule has 6 nitrogen and oxygen atoms in total. The van der Waals surface area contributed by atoms with Gasteiger partial charge in [0.05, 0.1) is 6.17 Å². The third-order valence-electron chi connectivity index (χ3n) is 11.1. The average molecular weight is 699 g/mol. The maximum absolute atomic E-state index is 13.1. The fourth-order valence-corrected chi connectivity index (χ4v) is 8.16. The van der Waals surface area contributed by atoms with Crippen LogP contribution in [0.5, 0.6) is 0 Å². The maximum Gasteiger partial charge on any atom is 0.193 e. The first-order chi connectivity index (χ1) is 25.6. The van der Waals surface area contributed by atoms with Gasteiger partial charge in [0.1, 0.15) is 0 Å². The van der Waals surface area contributed by atoms with Crippen LogP contribution in [-0.2, 0) is 12.8 Å². The molecule has 6 rings (SSSR count). The lowest BCUT2D eigenvalue weighted by Crippen LogP contribution is -2.65. The lowest BCUT2D eigenvalue weighted by Gasteiger charge is -2.50. The number of ketones is 2. The minimum atomic E-state index is 0.0741. The predicted octanol–water partition coefficient (Wildman–Crippen LogP) is 7.95. The highest BCUT2D eigenvalue weighted by Crippen LogP contribution is 2.26. The molecule has 274 valence electrons. The number of unbranched alkanes of at least 4 members (excludes halogenated alkanes) is 6. The first kappa shape index (κ1) is 37.8. The molecule has 2 saturated heterocycles. The number of piperazine rings is 2. The van der Waals surface area contributed by atoms with Gasteiger partial charge in [-0.1, -0.05) is 161 Å². The number of rotatable bonds is 18. The second-order valence-corrected chi connectivity index (χ2v) is 14.8. The summed E-state index contributed by atoms with van der Waals surface area (Å²) in [6, 6.07) is 36.5. The molecule has 2 atom stereocenters. The molecule has 0 amide bonds. The van der Waals surface area contributed by atoms with E-state index in [2.05, 4.69) is 51.6 Å². The number of carbonyl (C=O) groups is 2. The molecule has 2 fully saturated rings. The van der Waals surface area contributed by atoms with Gasteiger partial charge in [0.2, 0.25) is 0 Å². The fourth-order valence-electron chi connectivity index (χ4n) is 8.16. The van der Waals surface area contributed by atoms with Crippen LogP contribution in [-0.4, -0.2) is 78.9 Å². The molecule has 0 aliphatic carbocycles. The Kier molecular flexibility index (Phi) is 14.4. The first-order valence-electron chi connectivity index (χ1n) is 19.9. The van der Waals surface area contributed by atoms with Crippen molar-refractivity contribution in [2.45, 2.75) is 89.4 Å². The van der Waals surface area contributed by atoms with E-state index < -0.39 is 0 Å². The largest absolute Gasteiger partial charge is 0.314 e. The molecular weight excluding hydrogens is 641 g/mol. The van der Waals surface area contributed by atoms with Crippen molar-refractivity contribution in [2.24, 2.45) is 0 Å². The van der Waals surface area contributed by atoms with Crippen molar-refractivity contribution >= 4 is 11.6 Å². The minimum absolute atomic E-state index is 0.0741. The molecular formula is C46H58N4O2. The van der Waals surface area contributed by atoms with Crippen molar-refractivity contribution in [3.63, 3.8) is 0 Å². The van der Waals surface area contributed by atoms with Crippen LogP contribution in [0.25, 0.3) is 0 Å². The molecule has 2 N–H and O–H groups in total. The third kappa shape index (κ3) is 10.3. The Bertz CT molecular complexity index is 1540. The van der Waals surface area contributed by atoms with Crippen molar-refractivity contribution in [1.29, 1.82) is 0 Å². The summed E-state index contributed by atoms with van der Waals surface area (Å²) in [6.07, 6.45) is 12.6. The Morgan fingerprint density at radius 2 is 0.962 bits per heavy atom. The summed E-state index contributed by atoms with van der Waals surface area (Å²) in [7, 11) is 0. The van der Waals surface area contributed by atoms with E-state index in [1.54, 1.807) is 0 Å². The zero-order chi connectivity index (χ0) is 36.0.